The molecule has 9 N–H and O–H groups in total. The zero-order valence-corrected chi connectivity index (χ0v) is 31.5. The smallest absolute Gasteiger partial charge is 0.340 e. The van der Waals surface area contributed by atoms with Crippen molar-refractivity contribution >= 4 is 17.6 Å². The van der Waals surface area contributed by atoms with E-state index in [-0.39, 0.29) is 41.1 Å². The Bertz CT molecular complexity index is 2300. The second-order valence-corrected chi connectivity index (χ2v) is 14.7. The van der Waals surface area contributed by atoms with Gasteiger partial charge in [0.2, 0.25) is 5.91 Å². The number of ether oxygens (including phenoxy) is 4. The third kappa shape index (κ3) is 7.49. The van der Waals surface area contributed by atoms with Crippen molar-refractivity contribution in [2.45, 2.75) is 68.0 Å². The lowest BCUT2D eigenvalue weighted by atomic mass is 9.77. The maximum Gasteiger partial charge on any atom is 0.340 e. The molecule has 0 saturated carbocycles. The van der Waals surface area contributed by atoms with Gasteiger partial charge in [0.15, 0.2) is 11.9 Å². The van der Waals surface area contributed by atoms with Crippen molar-refractivity contribution in [3.8, 4) is 34.3 Å². The third-order valence-electron chi connectivity index (χ3n) is 10.9. The van der Waals surface area contributed by atoms with E-state index in [1.165, 1.54) is 28.9 Å². The van der Waals surface area contributed by atoms with Gasteiger partial charge in [-0.2, -0.15) is 0 Å². The quantitative estimate of drug-likeness (QED) is 0.0628. The summed E-state index contributed by atoms with van der Waals surface area (Å²) in [6, 6.07) is 20.6. The number of phenols is 2. The maximum absolute atomic E-state index is 14.0. The Morgan fingerprint density at radius 1 is 0.898 bits per heavy atom. The van der Waals surface area contributed by atoms with E-state index in [1.54, 1.807) is 36.5 Å². The lowest BCUT2D eigenvalue weighted by Crippen LogP contribution is -2.59. The Kier molecular flexibility index (Phi) is 11.1. The summed E-state index contributed by atoms with van der Waals surface area (Å²) in [5.41, 5.74) is 8.51. The molecule has 6 atom stereocenters. The molecule has 0 aliphatic carbocycles. The highest BCUT2D eigenvalue weighted by Gasteiger charge is 2.54. The number of fused-ring (bicyclic) bond motifs is 6. The van der Waals surface area contributed by atoms with Gasteiger partial charge in [-0.15, -0.1) is 5.10 Å². The summed E-state index contributed by atoms with van der Waals surface area (Å²) in [7, 11) is 0. The molecule has 17 heteroatoms. The number of amides is 1. The van der Waals surface area contributed by atoms with Crippen molar-refractivity contribution in [3.63, 3.8) is 0 Å². The summed E-state index contributed by atoms with van der Waals surface area (Å²) in [5, 5.41) is 71.7. The molecule has 3 aliphatic heterocycles. The largest absolute Gasteiger partial charge is 0.508 e. The number of unbranched alkanes of at least 4 members (excludes halogenated alkanes) is 1. The average Bonchev–Trinajstić information content (AvgIpc) is 3.82. The summed E-state index contributed by atoms with van der Waals surface area (Å²) in [6.07, 6.45) is -2.92. The Balaban J connectivity index is 0.978. The second kappa shape index (κ2) is 16.4. The lowest BCUT2D eigenvalue weighted by molar-refractivity contribution is -0.300. The number of hydrogen-bond donors (Lipinski definition) is 8. The summed E-state index contributed by atoms with van der Waals surface area (Å²) < 4.78 is 24.7. The van der Waals surface area contributed by atoms with Gasteiger partial charge in [-0.25, -0.2) is 9.48 Å². The zero-order valence-electron chi connectivity index (χ0n) is 31.5. The van der Waals surface area contributed by atoms with Crippen LogP contribution in [0.15, 0.2) is 85.1 Å². The zero-order chi connectivity index (χ0) is 41.4. The van der Waals surface area contributed by atoms with Crippen LogP contribution in [-0.2, 0) is 31.0 Å². The maximum atomic E-state index is 14.0. The number of carbonyl (C=O) groups excluding carboxylic acids is 2. The summed E-state index contributed by atoms with van der Waals surface area (Å²) in [6.45, 7) is 0.0224. The van der Waals surface area contributed by atoms with Crippen molar-refractivity contribution in [1.29, 1.82) is 0 Å². The number of rotatable bonds is 13. The predicted octanol–water partition coefficient (Wildman–Crippen LogP) is 2.59. The van der Waals surface area contributed by atoms with Gasteiger partial charge in [-0.05, 0) is 74.2 Å². The van der Waals surface area contributed by atoms with Crippen LogP contribution in [0, 0.1) is 0 Å². The van der Waals surface area contributed by atoms with E-state index in [0.29, 0.717) is 60.3 Å². The minimum absolute atomic E-state index is 0.0558. The molecule has 4 heterocycles. The number of carbonyl (C=O) groups is 2. The molecular weight excluding hydrogens is 766 g/mol. The Labute approximate surface area is 337 Å². The first-order valence-corrected chi connectivity index (χ1v) is 19.2. The molecule has 0 bridgehead atoms. The molecule has 1 saturated heterocycles. The molecule has 3 aliphatic rings. The van der Waals surface area contributed by atoms with Crippen LogP contribution in [-0.4, -0.2) is 108 Å². The number of hydrogen-bond acceptors (Lipinski definition) is 15. The van der Waals surface area contributed by atoms with Gasteiger partial charge >= 0.3 is 5.97 Å². The summed E-state index contributed by atoms with van der Waals surface area (Å²) >= 11 is 0. The number of nitrogens with one attached hydrogen (secondary N) is 1. The number of aromatic hydroxyl groups is 2. The lowest BCUT2D eigenvalue weighted by Gasteiger charge is -2.39. The fourth-order valence-electron chi connectivity index (χ4n) is 7.78. The van der Waals surface area contributed by atoms with Gasteiger partial charge in [0.05, 0.1) is 25.0 Å². The first kappa shape index (κ1) is 39.9. The third-order valence-corrected chi connectivity index (χ3v) is 10.9. The number of aliphatic hydroxyl groups excluding tert-OH is 4. The first-order chi connectivity index (χ1) is 28.5. The minimum Gasteiger partial charge on any atom is -0.508 e. The van der Waals surface area contributed by atoms with Crippen molar-refractivity contribution in [3.05, 3.63) is 113 Å². The minimum atomic E-state index is -1.52. The molecule has 308 valence electrons. The highest BCUT2D eigenvalue weighted by atomic mass is 16.7. The Hall–Kier alpha value is -5.92. The standard InChI is InChI=1S/C42H43N5O12/c43-15-2-1-3-32(47-20-31(45-46-47)23-6-4-22(5-7-23)14-16-56-41-38(53)37(52)36(51)35(21-48)58-41)39(54)44-24-8-11-28-27(17-24)40(55)59-42(28)29-12-9-25(49)18-33(29)57-34-19-26(50)10-13-30(34)42/h4-13,17-20,32,35-38,41,48-53H,1-3,14-16,21,43H2,(H,44,54)/t32-,35+,36+,37-,38+,41+/m0/s1. The van der Waals surface area contributed by atoms with Crippen LogP contribution in [0.3, 0.4) is 0 Å². The van der Waals surface area contributed by atoms with Crippen LogP contribution >= 0.6 is 0 Å². The van der Waals surface area contributed by atoms with Gasteiger partial charge in [0.25, 0.3) is 0 Å². The summed E-state index contributed by atoms with van der Waals surface area (Å²) in [4.78, 5) is 27.6. The van der Waals surface area contributed by atoms with Crippen molar-refractivity contribution in [2.75, 3.05) is 25.1 Å². The van der Waals surface area contributed by atoms with Crippen molar-refractivity contribution in [1.82, 2.24) is 15.0 Å². The van der Waals surface area contributed by atoms with E-state index in [0.717, 1.165) is 11.1 Å². The van der Waals surface area contributed by atoms with E-state index in [2.05, 4.69) is 15.6 Å². The molecule has 1 spiro atoms. The fourth-order valence-corrected chi connectivity index (χ4v) is 7.78. The van der Waals surface area contributed by atoms with Gasteiger partial charge < -0.3 is 60.6 Å². The number of nitrogens with two attached hydrogens (primary N) is 1. The molecule has 17 nitrogen and oxygen atoms in total. The SMILES string of the molecule is NCCCC[C@@H](C(=O)Nc1ccc2c(c1)C(=O)OC21c2ccc(O)cc2Oc2cc(O)ccc21)n1cc(-c2ccc(CCO[C@@H]3O[C@H](CO)[C@@H](O)[C@H](O)[C@H]3O)cc2)nn1. The van der Waals surface area contributed by atoms with Crippen LogP contribution in [0.5, 0.6) is 23.0 Å². The molecule has 4 aromatic carbocycles. The number of anilines is 1. The Morgan fingerprint density at radius 2 is 1.59 bits per heavy atom. The number of phenolic OH excluding ortho intramolecular Hbond substituents is 2. The van der Waals surface area contributed by atoms with E-state index < -0.39 is 54.9 Å². The van der Waals surface area contributed by atoms with Gasteiger partial charge in [0, 0.05) is 40.1 Å². The van der Waals surface area contributed by atoms with Crippen LogP contribution in [0.4, 0.5) is 5.69 Å². The molecular formula is C42H43N5O12. The molecule has 8 rings (SSSR count). The first-order valence-electron chi connectivity index (χ1n) is 19.2. The van der Waals surface area contributed by atoms with Gasteiger partial charge in [0.1, 0.15) is 59.1 Å². The van der Waals surface area contributed by atoms with Crippen molar-refractivity contribution < 1.29 is 59.2 Å². The number of nitrogens with zero attached hydrogens (tertiary/aromatic N) is 3. The molecule has 5 aromatic rings. The van der Waals surface area contributed by atoms with E-state index in [9.17, 15) is 40.2 Å². The number of aromatic nitrogens is 3. The number of aliphatic hydroxyl groups is 4. The van der Waals surface area contributed by atoms with Crippen LogP contribution in [0.1, 0.15) is 57.9 Å². The van der Waals surface area contributed by atoms with Crippen LogP contribution in [0.2, 0.25) is 0 Å². The second-order valence-electron chi connectivity index (χ2n) is 14.7. The average molecular weight is 810 g/mol. The van der Waals surface area contributed by atoms with Gasteiger partial charge in [-0.3, -0.25) is 4.79 Å². The molecule has 59 heavy (non-hydrogen) atoms. The highest BCUT2D eigenvalue weighted by molar-refractivity contribution is 6.00. The van der Waals surface area contributed by atoms with E-state index >= 15 is 0 Å². The predicted molar refractivity (Wildman–Crippen MR) is 207 cm³/mol. The molecule has 0 unspecified atom stereocenters. The highest BCUT2D eigenvalue weighted by Crippen LogP contribution is 2.57. The molecule has 0 radical (unpaired) electrons. The topological polar surface area (TPSA) is 261 Å². The fraction of sp³-hybridized carbons (Fsp3) is 0.333. The molecule has 1 fully saturated rings. The van der Waals surface area contributed by atoms with E-state index in [4.69, 9.17) is 24.7 Å². The van der Waals surface area contributed by atoms with Crippen LogP contribution < -0.4 is 15.8 Å². The van der Waals surface area contributed by atoms with E-state index in [1.807, 2.05) is 24.3 Å². The Morgan fingerprint density at radius 3 is 2.27 bits per heavy atom. The van der Waals surface area contributed by atoms with Gasteiger partial charge in [-0.1, -0.05) is 35.5 Å². The molecule has 1 amide bonds. The van der Waals surface area contributed by atoms with Crippen LogP contribution in [0.25, 0.3) is 11.3 Å². The number of esters is 1. The van der Waals surface area contributed by atoms with Crippen molar-refractivity contribution in [2.24, 2.45) is 5.73 Å². The number of benzene rings is 4. The monoisotopic (exact) mass is 809 g/mol. The normalized spacial score (nSPS) is 21.8. The molecule has 1 aromatic heterocycles. The summed E-state index contributed by atoms with van der Waals surface area (Å²) in [5.74, 6) is -0.626.